The van der Waals surface area contributed by atoms with E-state index < -0.39 is 11.8 Å². The summed E-state index contributed by atoms with van der Waals surface area (Å²) in [4.78, 5) is 23.8. The minimum atomic E-state index is -0.507. The van der Waals surface area contributed by atoms with Crippen molar-refractivity contribution in [1.82, 2.24) is 16.2 Å². The van der Waals surface area contributed by atoms with E-state index >= 15 is 0 Å². The van der Waals surface area contributed by atoms with E-state index in [1.54, 1.807) is 24.3 Å². The lowest BCUT2D eigenvalue weighted by Gasteiger charge is -2.13. The maximum absolute atomic E-state index is 12.0. The summed E-state index contributed by atoms with van der Waals surface area (Å²) in [7, 11) is 0. The Morgan fingerprint density at radius 3 is 2.45 bits per heavy atom. The second-order valence-corrected chi connectivity index (χ2v) is 8.18. The number of benzene rings is 2. The largest absolute Gasteiger partial charge is 0.482 e. The highest BCUT2D eigenvalue weighted by Crippen LogP contribution is 2.32. The molecule has 0 saturated carbocycles. The zero-order valence-corrected chi connectivity index (χ0v) is 19.8. The van der Waals surface area contributed by atoms with Gasteiger partial charge in [0.2, 0.25) is 0 Å². The molecule has 0 radical (unpaired) electrons. The van der Waals surface area contributed by atoms with Gasteiger partial charge >= 0.3 is 0 Å². The first-order chi connectivity index (χ1) is 13.8. The third-order valence-electron chi connectivity index (χ3n) is 3.31. The van der Waals surface area contributed by atoms with Crippen LogP contribution in [-0.4, -0.2) is 30.1 Å². The second kappa shape index (κ2) is 11.3. The normalized spacial score (nSPS) is 10.1. The molecule has 0 aromatic heterocycles. The van der Waals surface area contributed by atoms with Gasteiger partial charge < -0.3 is 9.47 Å². The SMILES string of the molecule is Cc1cc(Br)cc(Br)c1OCC(=O)NC(=S)NNC(=O)COc1ccccc1Cl. The summed E-state index contributed by atoms with van der Waals surface area (Å²) in [5.41, 5.74) is 5.57. The summed E-state index contributed by atoms with van der Waals surface area (Å²) in [5.74, 6) is -0.0653. The number of carbonyl (C=O) groups is 2. The average molecular weight is 566 g/mol. The summed E-state index contributed by atoms with van der Waals surface area (Å²) in [6, 6.07) is 10.4. The minimum absolute atomic E-state index is 0.0868. The van der Waals surface area contributed by atoms with Crippen molar-refractivity contribution in [3.8, 4) is 11.5 Å². The molecule has 2 amide bonds. The molecule has 0 fully saturated rings. The number of nitrogens with one attached hydrogen (secondary N) is 3. The molecule has 3 N–H and O–H groups in total. The molecule has 0 atom stereocenters. The Morgan fingerprint density at radius 1 is 1.07 bits per heavy atom. The maximum atomic E-state index is 12.0. The van der Waals surface area contributed by atoms with Gasteiger partial charge in [-0.05, 0) is 64.9 Å². The van der Waals surface area contributed by atoms with Gasteiger partial charge in [0.05, 0.1) is 9.50 Å². The zero-order chi connectivity index (χ0) is 21.4. The summed E-state index contributed by atoms with van der Waals surface area (Å²) in [5, 5.41) is 2.70. The van der Waals surface area contributed by atoms with E-state index in [2.05, 4.69) is 48.0 Å². The van der Waals surface area contributed by atoms with Gasteiger partial charge in [0.15, 0.2) is 18.3 Å². The van der Waals surface area contributed by atoms with E-state index in [0.717, 1.165) is 10.0 Å². The Labute approximate surface area is 194 Å². The molecule has 0 saturated heterocycles. The molecule has 154 valence electrons. The molecule has 0 aliphatic rings. The monoisotopic (exact) mass is 563 g/mol. The molecule has 0 unspecified atom stereocenters. The number of hydrogen-bond donors (Lipinski definition) is 3. The molecular weight excluding hydrogens is 550 g/mol. The number of halogens is 3. The van der Waals surface area contributed by atoms with Gasteiger partial charge in [-0.25, -0.2) is 0 Å². The third-order valence-corrected chi connectivity index (χ3v) is 4.87. The lowest BCUT2D eigenvalue weighted by Crippen LogP contribution is -2.50. The lowest BCUT2D eigenvalue weighted by molar-refractivity contribution is -0.124. The van der Waals surface area contributed by atoms with Crippen LogP contribution in [0.25, 0.3) is 0 Å². The van der Waals surface area contributed by atoms with Crippen LogP contribution in [0, 0.1) is 6.92 Å². The standard InChI is InChI=1S/C18H16Br2ClN3O4S/c1-10-6-11(19)7-12(20)17(10)28-8-15(25)22-18(29)24-23-16(26)9-27-14-5-3-2-4-13(14)21/h2-7H,8-9H2,1H3,(H,23,26)(H2,22,24,25,29). The van der Waals surface area contributed by atoms with Gasteiger partial charge in [-0.15, -0.1) is 0 Å². The molecule has 0 aliphatic carbocycles. The van der Waals surface area contributed by atoms with Crippen molar-refractivity contribution in [1.29, 1.82) is 0 Å². The van der Waals surface area contributed by atoms with Crippen LogP contribution in [0.2, 0.25) is 5.02 Å². The van der Waals surface area contributed by atoms with Gasteiger partial charge in [-0.1, -0.05) is 39.7 Å². The highest BCUT2D eigenvalue weighted by Gasteiger charge is 2.11. The Balaban J connectivity index is 1.71. The van der Waals surface area contributed by atoms with Crippen molar-refractivity contribution in [2.24, 2.45) is 0 Å². The third kappa shape index (κ3) is 7.81. The summed E-state index contributed by atoms with van der Waals surface area (Å²) >= 11 is 17.7. The van der Waals surface area contributed by atoms with Crippen LogP contribution in [0.4, 0.5) is 0 Å². The number of carbonyl (C=O) groups excluding carboxylic acids is 2. The molecule has 0 aliphatic heterocycles. The predicted molar refractivity (Wildman–Crippen MR) is 121 cm³/mol. The van der Waals surface area contributed by atoms with E-state index in [1.165, 1.54) is 0 Å². The number of amides is 2. The topological polar surface area (TPSA) is 88.7 Å². The average Bonchev–Trinajstić information content (AvgIpc) is 2.64. The van der Waals surface area contributed by atoms with Crippen LogP contribution in [0.3, 0.4) is 0 Å². The molecule has 7 nitrogen and oxygen atoms in total. The molecule has 0 bridgehead atoms. The smallest absolute Gasteiger partial charge is 0.276 e. The van der Waals surface area contributed by atoms with Gasteiger partial charge in [0, 0.05) is 4.47 Å². The summed E-state index contributed by atoms with van der Waals surface area (Å²) < 4.78 is 12.4. The van der Waals surface area contributed by atoms with E-state index in [4.69, 9.17) is 33.3 Å². The van der Waals surface area contributed by atoms with Crippen LogP contribution in [0.15, 0.2) is 45.3 Å². The van der Waals surface area contributed by atoms with Crippen molar-refractivity contribution in [2.45, 2.75) is 6.92 Å². The Kier molecular flexibility index (Phi) is 9.15. The Hall–Kier alpha value is -1.88. The van der Waals surface area contributed by atoms with Crippen molar-refractivity contribution in [2.75, 3.05) is 13.2 Å². The quantitative estimate of drug-likeness (QED) is 0.366. The predicted octanol–water partition coefficient (Wildman–Crippen LogP) is 3.65. The maximum Gasteiger partial charge on any atom is 0.276 e. The molecule has 29 heavy (non-hydrogen) atoms. The van der Waals surface area contributed by atoms with Crippen LogP contribution < -0.4 is 25.6 Å². The van der Waals surface area contributed by atoms with Gasteiger partial charge in [0.1, 0.15) is 11.5 Å². The van der Waals surface area contributed by atoms with E-state index in [1.807, 2.05) is 19.1 Å². The fraction of sp³-hybridized carbons (Fsp3) is 0.167. The molecular formula is C18H16Br2ClN3O4S. The van der Waals surface area contributed by atoms with E-state index in [9.17, 15) is 9.59 Å². The first-order valence-electron chi connectivity index (χ1n) is 8.10. The fourth-order valence-electron chi connectivity index (χ4n) is 2.07. The minimum Gasteiger partial charge on any atom is -0.482 e. The van der Waals surface area contributed by atoms with Crippen molar-refractivity contribution >= 4 is 72.6 Å². The summed E-state index contributed by atoms with van der Waals surface area (Å²) in [6.45, 7) is 1.31. The van der Waals surface area contributed by atoms with Crippen LogP contribution in [0.5, 0.6) is 11.5 Å². The van der Waals surface area contributed by atoms with E-state index in [-0.39, 0.29) is 18.3 Å². The number of para-hydroxylation sites is 1. The van der Waals surface area contributed by atoms with Crippen molar-refractivity contribution < 1.29 is 19.1 Å². The highest BCUT2D eigenvalue weighted by molar-refractivity contribution is 9.11. The van der Waals surface area contributed by atoms with Gasteiger partial charge in [0.25, 0.3) is 11.8 Å². The number of ether oxygens (including phenoxy) is 2. The number of aryl methyl sites for hydroxylation is 1. The van der Waals surface area contributed by atoms with E-state index in [0.29, 0.717) is 21.0 Å². The highest BCUT2D eigenvalue weighted by atomic mass is 79.9. The molecule has 0 heterocycles. The number of hydrazine groups is 1. The van der Waals surface area contributed by atoms with Crippen molar-refractivity contribution in [3.05, 3.63) is 55.9 Å². The van der Waals surface area contributed by atoms with Gasteiger partial charge in [-0.3, -0.25) is 25.8 Å². The molecule has 11 heteroatoms. The Bertz CT molecular complexity index is 907. The summed E-state index contributed by atoms with van der Waals surface area (Å²) in [6.07, 6.45) is 0. The van der Waals surface area contributed by atoms with Gasteiger partial charge in [-0.2, -0.15) is 0 Å². The molecule has 2 rings (SSSR count). The Morgan fingerprint density at radius 2 is 1.76 bits per heavy atom. The molecule has 2 aromatic carbocycles. The second-order valence-electron chi connectivity index (χ2n) is 5.59. The number of thiocarbonyl (C=S) groups is 1. The first kappa shape index (κ1) is 23.4. The molecule has 2 aromatic rings. The number of hydrogen-bond acceptors (Lipinski definition) is 5. The van der Waals surface area contributed by atoms with Crippen molar-refractivity contribution in [3.63, 3.8) is 0 Å². The van der Waals surface area contributed by atoms with Crippen LogP contribution in [0.1, 0.15) is 5.56 Å². The first-order valence-corrected chi connectivity index (χ1v) is 10.5. The fourth-order valence-corrected chi connectivity index (χ4v) is 3.98. The van der Waals surface area contributed by atoms with Crippen LogP contribution in [-0.2, 0) is 9.59 Å². The molecule has 0 spiro atoms. The zero-order valence-electron chi connectivity index (χ0n) is 15.1. The number of rotatable bonds is 6. The lowest BCUT2D eigenvalue weighted by atomic mass is 10.2. The van der Waals surface area contributed by atoms with Crippen LogP contribution >= 0.6 is 55.7 Å².